The molecule has 2 aromatic rings. The summed E-state index contributed by atoms with van der Waals surface area (Å²) in [4.78, 5) is 26.8. The van der Waals surface area contributed by atoms with Crippen molar-refractivity contribution in [3.8, 4) is 5.69 Å². The lowest BCUT2D eigenvalue weighted by atomic mass is 9.96. The van der Waals surface area contributed by atoms with E-state index in [1.807, 2.05) is 25.1 Å². The van der Waals surface area contributed by atoms with Gasteiger partial charge in [0.15, 0.2) is 0 Å². The van der Waals surface area contributed by atoms with E-state index in [1.54, 1.807) is 9.58 Å². The number of tetrazole rings is 1. The molecule has 1 aromatic heterocycles. The number of urea groups is 2. The molecule has 0 atom stereocenters. The van der Waals surface area contributed by atoms with Crippen molar-refractivity contribution in [1.29, 1.82) is 0 Å². The number of benzene rings is 1. The van der Waals surface area contributed by atoms with Crippen LogP contribution < -0.4 is 16.0 Å². The first kappa shape index (κ1) is 21.1. The standard InChI is InChI=1S/C21H30N8O2/c1-15-7-8-18(13-19(15)29-14-22-26-27-29)25-21(31)28-11-9-17(10-12-28)24-20(30)23-16-5-3-2-4-6-16/h7-8,13-14,16-17H,2-6,9-12H2,1H3,(H,25,31)(H2,23,24,30). The Kier molecular flexibility index (Phi) is 6.63. The van der Waals surface area contributed by atoms with Crippen LogP contribution in [0.5, 0.6) is 0 Å². The van der Waals surface area contributed by atoms with Gasteiger partial charge in [0.2, 0.25) is 0 Å². The summed E-state index contributed by atoms with van der Waals surface area (Å²) in [5.74, 6) is 0. The van der Waals surface area contributed by atoms with Crippen LogP contribution in [0, 0.1) is 6.92 Å². The molecule has 0 bridgehead atoms. The molecule has 0 spiro atoms. The molecule has 166 valence electrons. The highest BCUT2D eigenvalue weighted by Crippen LogP contribution is 2.20. The Hall–Kier alpha value is -3.17. The van der Waals surface area contributed by atoms with Crippen LogP contribution in [0.25, 0.3) is 5.69 Å². The van der Waals surface area contributed by atoms with Crippen molar-refractivity contribution in [2.75, 3.05) is 18.4 Å². The number of carbonyl (C=O) groups is 2. The molecule has 1 aromatic carbocycles. The van der Waals surface area contributed by atoms with Gasteiger partial charge in [-0.25, -0.2) is 14.3 Å². The number of rotatable bonds is 4. The number of nitrogens with one attached hydrogen (secondary N) is 3. The minimum atomic E-state index is -0.142. The van der Waals surface area contributed by atoms with E-state index in [0.29, 0.717) is 24.8 Å². The van der Waals surface area contributed by atoms with Crippen molar-refractivity contribution in [2.45, 2.75) is 64.0 Å². The maximum atomic E-state index is 12.7. The topological polar surface area (TPSA) is 117 Å². The molecular weight excluding hydrogens is 396 g/mol. The van der Waals surface area contributed by atoms with Crippen LogP contribution >= 0.6 is 0 Å². The SMILES string of the molecule is Cc1ccc(NC(=O)N2CCC(NC(=O)NC3CCCCC3)CC2)cc1-n1cnnn1. The van der Waals surface area contributed by atoms with Crippen molar-refractivity contribution in [3.63, 3.8) is 0 Å². The number of hydrogen-bond donors (Lipinski definition) is 3. The molecule has 1 aliphatic carbocycles. The average molecular weight is 427 g/mol. The zero-order valence-electron chi connectivity index (χ0n) is 17.9. The second-order valence-corrected chi connectivity index (χ2v) is 8.40. The molecule has 0 unspecified atom stereocenters. The van der Waals surface area contributed by atoms with E-state index in [0.717, 1.165) is 36.9 Å². The van der Waals surface area contributed by atoms with Crippen LogP contribution in [0.1, 0.15) is 50.5 Å². The number of carbonyl (C=O) groups excluding carboxylic acids is 2. The summed E-state index contributed by atoms with van der Waals surface area (Å²) in [6.45, 7) is 3.17. The Morgan fingerprint density at radius 1 is 1.00 bits per heavy atom. The van der Waals surface area contributed by atoms with Gasteiger partial charge in [-0.1, -0.05) is 25.3 Å². The summed E-state index contributed by atoms with van der Waals surface area (Å²) in [5, 5.41) is 20.4. The Morgan fingerprint density at radius 3 is 2.39 bits per heavy atom. The van der Waals surface area contributed by atoms with Gasteiger partial charge in [0, 0.05) is 30.9 Å². The minimum Gasteiger partial charge on any atom is -0.335 e. The van der Waals surface area contributed by atoms with E-state index in [-0.39, 0.29) is 18.1 Å². The largest absolute Gasteiger partial charge is 0.335 e. The molecule has 10 heteroatoms. The molecule has 1 aliphatic heterocycles. The monoisotopic (exact) mass is 426 g/mol. The molecule has 4 amide bonds. The summed E-state index contributed by atoms with van der Waals surface area (Å²) >= 11 is 0. The van der Waals surface area contributed by atoms with E-state index in [1.165, 1.54) is 25.6 Å². The van der Waals surface area contributed by atoms with Crippen LogP contribution in [-0.4, -0.2) is 62.3 Å². The van der Waals surface area contributed by atoms with Crippen molar-refractivity contribution >= 4 is 17.7 Å². The molecule has 0 radical (unpaired) electrons. The first-order valence-corrected chi connectivity index (χ1v) is 11.1. The van der Waals surface area contributed by atoms with Crippen LogP contribution in [0.4, 0.5) is 15.3 Å². The minimum absolute atomic E-state index is 0.0791. The number of piperidine rings is 1. The van der Waals surface area contributed by atoms with Gasteiger partial charge in [-0.3, -0.25) is 0 Å². The zero-order valence-corrected chi connectivity index (χ0v) is 17.9. The van der Waals surface area contributed by atoms with E-state index in [4.69, 9.17) is 0 Å². The van der Waals surface area contributed by atoms with Gasteiger partial charge in [-0.05, 0) is 60.7 Å². The third-order valence-corrected chi connectivity index (χ3v) is 6.11. The summed E-state index contributed by atoms with van der Waals surface area (Å²) in [6, 6.07) is 5.82. The number of aryl methyl sites for hydroxylation is 1. The van der Waals surface area contributed by atoms with E-state index < -0.39 is 0 Å². The van der Waals surface area contributed by atoms with E-state index >= 15 is 0 Å². The molecule has 31 heavy (non-hydrogen) atoms. The van der Waals surface area contributed by atoms with E-state index in [9.17, 15) is 9.59 Å². The fourth-order valence-electron chi connectivity index (χ4n) is 4.29. The van der Waals surface area contributed by atoms with Crippen molar-refractivity contribution in [3.05, 3.63) is 30.1 Å². The maximum absolute atomic E-state index is 12.7. The Labute approximate surface area is 181 Å². The summed E-state index contributed by atoms with van der Waals surface area (Å²) < 4.78 is 1.57. The summed E-state index contributed by atoms with van der Waals surface area (Å²) in [5.41, 5.74) is 2.51. The predicted molar refractivity (Wildman–Crippen MR) is 116 cm³/mol. The lowest BCUT2D eigenvalue weighted by molar-refractivity contribution is 0.186. The number of nitrogens with zero attached hydrogens (tertiary/aromatic N) is 5. The second kappa shape index (κ2) is 9.76. The highest BCUT2D eigenvalue weighted by atomic mass is 16.2. The van der Waals surface area contributed by atoms with Crippen molar-refractivity contribution in [1.82, 2.24) is 35.7 Å². The molecule has 2 heterocycles. The van der Waals surface area contributed by atoms with Gasteiger partial charge < -0.3 is 20.9 Å². The molecule has 3 N–H and O–H groups in total. The molecule has 4 rings (SSSR count). The third kappa shape index (κ3) is 5.50. The van der Waals surface area contributed by atoms with Gasteiger partial charge in [0.25, 0.3) is 0 Å². The molecular formula is C21H30N8O2. The van der Waals surface area contributed by atoms with Crippen LogP contribution in [-0.2, 0) is 0 Å². The Balaban J connectivity index is 1.25. The van der Waals surface area contributed by atoms with E-state index in [2.05, 4.69) is 31.5 Å². The molecule has 2 aliphatic rings. The third-order valence-electron chi connectivity index (χ3n) is 6.11. The van der Waals surface area contributed by atoms with Gasteiger partial charge in [0.05, 0.1) is 5.69 Å². The smallest absolute Gasteiger partial charge is 0.321 e. The number of anilines is 1. The van der Waals surface area contributed by atoms with Gasteiger partial charge in [-0.2, -0.15) is 0 Å². The van der Waals surface area contributed by atoms with Crippen LogP contribution in [0.15, 0.2) is 24.5 Å². The lowest BCUT2D eigenvalue weighted by Crippen LogP contribution is -2.51. The number of likely N-dealkylation sites (tertiary alicyclic amines) is 1. The van der Waals surface area contributed by atoms with Crippen molar-refractivity contribution in [2.24, 2.45) is 0 Å². The zero-order chi connectivity index (χ0) is 21.6. The summed E-state index contributed by atoms with van der Waals surface area (Å²) in [6.07, 6.45) is 8.80. The number of amides is 4. The summed E-state index contributed by atoms with van der Waals surface area (Å²) in [7, 11) is 0. The van der Waals surface area contributed by atoms with Crippen LogP contribution in [0.3, 0.4) is 0 Å². The van der Waals surface area contributed by atoms with Gasteiger partial charge in [-0.15, -0.1) is 5.10 Å². The molecule has 2 fully saturated rings. The predicted octanol–water partition coefficient (Wildman–Crippen LogP) is 2.60. The first-order chi connectivity index (χ1) is 15.1. The van der Waals surface area contributed by atoms with Gasteiger partial charge >= 0.3 is 12.1 Å². The van der Waals surface area contributed by atoms with Crippen LogP contribution in [0.2, 0.25) is 0 Å². The molecule has 10 nitrogen and oxygen atoms in total. The highest BCUT2D eigenvalue weighted by molar-refractivity contribution is 5.89. The fourth-order valence-corrected chi connectivity index (χ4v) is 4.29. The number of hydrogen-bond acceptors (Lipinski definition) is 5. The lowest BCUT2D eigenvalue weighted by Gasteiger charge is -2.33. The van der Waals surface area contributed by atoms with Gasteiger partial charge in [0.1, 0.15) is 6.33 Å². The molecule has 1 saturated heterocycles. The highest BCUT2D eigenvalue weighted by Gasteiger charge is 2.25. The molecule has 1 saturated carbocycles. The Morgan fingerprint density at radius 2 is 1.71 bits per heavy atom. The number of aromatic nitrogens is 4. The van der Waals surface area contributed by atoms with Crippen molar-refractivity contribution < 1.29 is 9.59 Å². The first-order valence-electron chi connectivity index (χ1n) is 11.1. The quantitative estimate of drug-likeness (QED) is 0.695. The second-order valence-electron chi connectivity index (χ2n) is 8.40. The maximum Gasteiger partial charge on any atom is 0.321 e. The average Bonchev–Trinajstić information content (AvgIpc) is 3.31. The fraction of sp³-hybridized carbons (Fsp3) is 0.571. The normalized spacial score (nSPS) is 17.9. The Bertz CT molecular complexity index is 887.